The van der Waals surface area contributed by atoms with Crippen molar-refractivity contribution in [2.45, 2.75) is 26.2 Å². The fourth-order valence-electron chi connectivity index (χ4n) is 1.82. The Hall–Kier alpha value is -2.47. The molecule has 0 aromatic heterocycles. The number of carbonyl (C=O) groups is 1. The van der Waals surface area contributed by atoms with E-state index in [9.17, 15) is 4.79 Å². The van der Waals surface area contributed by atoms with E-state index in [2.05, 4.69) is 18.4 Å². The van der Waals surface area contributed by atoms with Crippen LogP contribution >= 0.6 is 0 Å². The van der Waals surface area contributed by atoms with Crippen molar-refractivity contribution in [1.29, 1.82) is 0 Å². The zero-order valence-corrected chi connectivity index (χ0v) is 12.4. The fourth-order valence-corrected chi connectivity index (χ4v) is 1.82. The number of hydrogen-bond donors (Lipinski definition) is 1. The molecule has 0 aliphatic carbocycles. The number of rotatable bonds is 7. The third-order valence-electron chi connectivity index (χ3n) is 3.02. The summed E-state index contributed by atoms with van der Waals surface area (Å²) in [5, 5.41) is 8.92. The third-order valence-corrected chi connectivity index (χ3v) is 3.02. The first-order valence-corrected chi connectivity index (χ1v) is 6.75. The maximum atomic E-state index is 10.9. The van der Waals surface area contributed by atoms with Crippen LogP contribution in [0.1, 0.15) is 31.7 Å². The van der Waals surface area contributed by atoms with Gasteiger partial charge in [-0.05, 0) is 37.1 Å². The van der Waals surface area contributed by atoms with Gasteiger partial charge in [0.05, 0.1) is 12.3 Å². The van der Waals surface area contributed by atoms with Crippen molar-refractivity contribution >= 4 is 5.97 Å². The van der Waals surface area contributed by atoms with E-state index in [1.807, 2.05) is 37.3 Å². The molecule has 3 nitrogen and oxygen atoms in total. The predicted octanol–water partition coefficient (Wildman–Crippen LogP) is 3.78. The van der Waals surface area contributed by atoms with Crippen molar-refractivity contribution in [3.05, 3.63) is 54.1 Å². The van der Waals surface area contributed by atoms with Crippen molar-refractivity contribution in [3.63, 3.8) is 0 Å². The molecular formula is C18H20O3. The standard InChI is InChI=1S/C18H20O3/c1-4-7-16(12-18(19)20)15-8-10-17(11-9-15)21-13-14(5-2)6-3/h5-6,8-11,16H,2,12-13H2,1,3H3,(H,19,20)/b14-6+. The van der Waals surface area contributed by atoms with E-state index in [0.717, 1.165) is 16.9 Å². The number of aliphatic carboxylic acids is 1. The van der Waals surface area contributed by atoms with E-state index >= 15 is 0 Å². The Bertz CT molecular complexity index is 571. The van der Waals surface area contributed by atoms with Crippen LogP contribution in [0.15, 0.2) is 48.6 Å². The molecule has 0 saturated heterocycles. The Morgan fingerprint density at radius 1 is 1.43 bits per heavy atom. The average Bonchev–Trinajstić information content (AvgIpc) is 2.48. The van der Waals surface area contributed by atoms with Crippen molar-refractivity contribution < 1.29 is 14.6 Å². The lowest BCUT2D eigenvalue weighted by Gasteiger charge is -2.11. The molecule has 0 saturated carbocycles. The molecule has 0 aliphatic rings. The summed E-state index contributed by atoms with van der Waals surface area (Å²) < 4.78 is 5.63. The molecule has 0 spiro atoms. The van der Waals surface area contributed by atoms with Crippen LogP contribution in [0, 0.1) is 11.8 Å². The van der Waals surface area contributed by atoms with Gasteiger partial charge >= 0.3 is 5.97 Å². The van der Waals surface area contributed by atoms with Crippen molar-refractivity contribution in [1.82, 2.24) is 0 Å². The molecule has 1 atom stereocenters. The van der Waals surface area contributed by atoms with E-state index in [1.54, 1.807) is 13.0 Å². The number of allylic oxidation sites excluding steroid dienone is 1. The van der Waals surface area contributed by atoms with Gasteiger partial charge in [-0.15, -0.1) is 5.92 Å². The monoisotopic (exact) mass is 284 g/mol. The molecule has 0 fully saturated rings. The first-order valence-electron chi connectivity index (χ1n) is 6.75. The second-order valence-electron chi connectivity index (χ2n) is 4.47. The van der Waals surface area contributed by atoms with Gasteiger partial charge in [0.25, 0.3) is 0 Å². The molecular weight excluding hydrogens is 264 g/mol. The van der Waals surface area contributed by atoms with Gasteiger partial charge in [-0.2, -0.15) is 0 Å². The zero-order valence-electron chi connectivity index (χ0n) is 12.4. The van der Waals surface area contributed by atoms with E-state index in [0.29, 0.717) is 6.61 Å². The molecule has 1 aromatic rings. The van der Waals surface area contributed by atoms with E-state index in [1.165, 1.54) is 0 Å². The molecule has 0 heterocycles. The van der Waals surface area contributed by atoms with Crippen LogP contribution in [0.4, 0.5) is 0 Å². The summed E-state index contributed by atoms with van der Waals surface area (Å²) >= 11 is 0. The maximum Gasteiger partial charge on any atom is 0.304 e. The number of carboxylic acid groups (broad SMARTS) is 1. The Balaban J connectivity index is 2.77. The number of carboxylic acids is 1. The minimum Gasteiger partial charge on any atom is -0.489 e. The van der Waals surface area contributed by atoms with E-state index in [4.69, 9.17) is 9.84 Å². The van der Waals surface area contributed by atoms with Crippen LogP contribution < -0.4 is 4.74 Å². The Morgan fingerprint density at radius 3 is 2.57 bits per heavy atom. The average molecular weight is 284 g/mol. The molecule has 21 heavy (non-hydrogen) atoms. The lowest BCUT2D eigenvalue weighted by molar-refractivity contribution is -0.137. The SMILES string of the molecule is C=C/C(=C\C)COc1ccc(C(C#CC)CC(=O)O)cc1. The Morgan fingerprint density at radius 2 is 2.10 bits per heavy atom. The minimum atomic E-state index is -0.855. The molecule has 1 aromatic carbocycles. The predicted molar refractivity (Wildman–Crippen MR) is 84.3 cm³/mol. The molecule has 1 N–H and O–H groups in total. The largest absolute Gasteiger partial charge is 0.489 e. The zero-order chi connectivity index (χ0) is 15.7. The highest BCUT2D eigenvalue weighted by Gasteiger charge is 2.13. The molecule has 0 bridgehead atoms. The molecule has 0 radical (unpaired) electrons. The summed E-state index contributed by atoms with van der Waals surface area (Å²) in [6.07, 6.45) is 3.70. The summed E-state index contributed by atoms with van der Waals surface area (Å²) in [5.41, 5.74) is 1.90. The van der Waals surface area contributed by atoms with Gasteiger partial charge in [0, 0.05) is 0 Å². The maximum absolute atomic E-state index is 10.9. The van der Waals surface area contributed by atoms with Crippen LogP contribution in [0.3, 0.4) is 0 Å². The smallest absolute Gasteiger partial charge is 0.304 e. The summed E-state index contributed by atoms with van der Waals surface area (Å²) in [7, 11) is 0. The van der Waals surface area contributed by atoms with Gasteiger partial charge in [-0.3, -0.25) is 4.79 Å². The Labute approximate surface area is 126 Å². The second kappa shape index (κ2) is 8.65. The Kier molecular flexibility index (Phi) is 6.83. The van der Waals surface area contributed by atoms with Crippen LogP contribution in [-0.2, 0) is 4.79 Å². The highest BCUT2D eigenvalue weighted by atomic mass is 16.5. The van der Waals surface area contributed by atoms with Crippen LogP contribution in [-0.4, -0.2) is 17.7 Å². The first kappa shape index (κ1) is 16.6. The highest BCUT2D eigenvalue weighted by Crippen LogP contribution is 2.22. The van der Waals surface area contributed by atoms with Gasteiger partial charge in [0.1, 0.15) is 12.4 Å². The second-order valence-corrected chi connectivity index (χ2v) is 4.47. The lowest BCUT2D eigenvalue weighted by atomic mass is 9.96. The molecule has 1 unspecified atom stereocenters. The van der Waals surface area contributed by atoms with Crippen LogP contribution in [0.25, 0.3) is 0 Å². The van der Waals surface area contributed by atoms with Crippen LogP contribution in [0.5, 0.6) is 5.75 Å². The summed E-state index contributed by atoms with van der Waals surface area (Å²) in [4.78, 5) is 10.9. The minimum absolute atomic E-state index is 0.000227. The number of benzene rings is 1. The van der Waals surface area contributed by atoms with Crippen molar-refractivity contribution in [2.75, 3.05) is 6.61 Å². The normalized spacial score (nSPS) is 12.0. The van der Waals surface area contributed by atoms with Crippen molar-refractivity contribution in [2.24, 2.45) is 0 Å². The molecule has 1 rings (SSSR count). The summed E-state index contributed by atoms with van der Waals surface area (Å²) in [6.45, 7) is 7.82. The van der Waals surface area contributed by atoms with Gasteiger partial charge in [0.15, 0.2) is 0 Å². The lowest BCUT2D eigenvalue weighted by Crippen LogP contribution is -2.05. The first-order chi connectivity index (χ1) is 10.1. The topological polar surface area (TPSA) is 46.5 Å². The third kappa shape index (κ3) is 5.58. The number of ether oxygens (including phenoxy) is 1. The van der Waals surface area contributed by atoms with Gasteiger partial charge in [-0.25, -0.2) is 0 Å². The van der Waals surface area contributed by atoms with E-state index in [-0.39, 0.29) is 12.3 Å². The highest BCUT2D eigenvalue weighted by molar-refractivity contribution is 5.69. The van der Waals surface area contributed by atoms with Gasteiger partial charge in [0.2, 0.25) is 0 Å². The van der Waals surface area contributed by atoms with Crippen molar-refractivity contribution in [3.8, 4) is 17.6 Å². The summed E-state index contributed by atoms with van der Waals surface area (Å²) in [5.74, 6) is 5.29. The molecule has 0 amide bonds. The quantitative estimate of drug-likeness (QED) is 0.612. The van der Waals surface area contributed by atoms with Gasteiger partial charge < -0.3 is 9.84 Å². The number of hydrogen-bond acceptors (Lipinski definition) is 2. The van der Waals surface area contributed by atoms with E-state index < -0.39 is 5.97 Å². The van der Waals surface area contributed by atoms with Crippen LogP contribution in [0.2, 0.25) is 0 Å². The fraction of sp³-hybridized carbons (Fsp3) is 0.278. The summed E-state index contributed by atoms with van der Waals surface area (Å²) in [6, 6.07) is 7.38. The van der Waals surface area contributed by atoms with Gasteiger partial charge in [-0.1, -0.05) is 36.8 Å². The molecule has 0 aliphatic heterocycles. The molecule has 3 heteroatoms. The molecule has 110 valence electrons.